The zero-order chi connectivity index (χ0) is 20.6. The Balaban J connectivity index is 1.46. The van der Waals surface area contributed by atoms with E-state index in [1.54, 1.807) is 36.4 Å². The first-order valence-electron chi connectivity index (χ1n) is 9.10. The molecule has 0 aliphatic carbocycles. The molecule has 0 bridgehead atoms. The number of anilines is 1. The quantitative estimate of drug-likeness (QED) is 0.311. The van der Waals surface area contributed by atoms with Crippen LogP contribution in [0.1, 0.15) is 23.2 Å². The van der Waals surface area contributed by atoms with E-state index in [4.69, 9.17) is 14.2 Å². The number of nitrogens with one attached hydrogen (secondary N) is 1. The maximum atomic E-state index is 12.3. The number of nitro groups is 1. The first kappa shape index (κ1) is 20.1. The number of hydrogen-bond donors (Lipinski definition) is 1. The SMILES string of the molecule is O=C(CCNc1ccccc1[N+](=O)[O-])OCC(=O)c1ccc2c(c1)OCCCO2. The van der Waals surface area contributed by atoms with Crippen molar-refractivity contribution >= 4 is 23.1 Å². The molecule has 0 atom stereocenters. The molecule has 1 aliphatic rings. The van der Waals surface area contributed by atoms with Gasteiger partial charge in [-0.1, -0.05) is 12.1 Å². The number of rotatable bonds is 8. The second kappa shape index (κ2) is 9.54. The van der Waals surface area contributed by atoms with Crippen molar-refractivity contribution in [2.45, 2.75) is 12.8 Å². The van der Waals surface area contributed by atoms with Crippen LogP contribution in [0.3, 0.4) is 0 Å². The fourth-order valence-corrected chi connectivity index (χ4v) is 2.72. The Morgan fingerprint density at radius 1 is 1.10 bits per heavy atom. The first-order valence-corrected chi connectivity index (χ1v) is 9.10. The smallest absolute Gasteiger partial charge is 0.308 e. The van der Waals surface area contributed by atoms with E-state index in [-0.39, 0.29) is 24.4 Å². The number of nitrogens with zero attached hydrogens (tertiary/aromatic N) is 1. The van der Waals surface area contributed by atoms with Gasteiger partial charge in [-0.3, -0.25) is 19.7 Å². The number of esters is 1. The Morgan fingerprint density at radius 3 is 2.66 bits per heavy atom. The van der Waals surface area contributed by atoms with E-state index in [1.165, 1.54) is 6.07 Å². The van der Waals surface area contributed by atoms with Crippen molar-refractivity contribution in [1.82, 2.24) is 0 Å². The fourth-order valence-electron chi connectivity index (χ4n) is 2.72. The van der Waals surface area contributed by atoms with Crippen LogP contribution in [0.15, 0.2) is 42.5 Å². The number of fused-ring (bicyclic) bond motifs is 1. The van der Waals surface area contributed by atoms with E-state index in [0.29, 0.717) is 36.0 Å². The summed E-state index contributed by atoms with van der Waals surface area (Å²) in [4.78, 5) is 34.6. The molecule has 152 valence electrons. The molecule has 9 nitrogen and oxygen atoms in total. The number of carbonyl (C=O) groups excluding carboxylic acids is 2. The van der Waals surface area contributed by atoms with E-state index in [0.717, 1.165) is 6.42 Å². The lowest BCUT2D eigenvalue weighted by Gasteiger charge is -2.09. The summed E-state index contributed by atoms with van der Waals surface area (Å²) in [6, 6.07) is 11.0. The summed E-state index contributed by atoms with van der Waals surface area (Å²) in [6.45, 7) is 0.802. The highest BCUT2D eigenvalue weighted by Crippen LogP contribution is 2.30. The number of benzene rings is 2. The topological polar surface area (TPSA) is 117 Å². The highest BCUT2D eigenvalue weighted by atomic mass is 16.6. The molecule has 1 N–H and O–H groups in total. The molecule has 0 radical (unpaired) electrons. The predicted octanol–water partition coefficient (Wildman–Crippen LogP) is 2.98. The molecule has 0 saturated carbocycles. The monoisotopic (exact) mass is 400 g/mol. The number of ether oxygens (including phenoxy) is 3. The standard InChI is InChI=1S/C20H20N2O7/c23-17(14-6-7-18-19(12-14)28-11-3-10-27-18)13-29-20(24)8-9-21-15-4-1-2-5-16(15)22(25)26/h1-2,4-7,12,21H,3,8-11,13H2. The van der Waals surface area contributed by atoms with Crippen LogP contribution in [0, 0.1) is 10.1 Å². The van der Waals surface area contributed by atoms with Gasteiger partial charge in [-0.15, -0.1) is 0 Å². The van der Waals surface area contributed by atoms with Gasteiger partial charge in [0, 0.05) is 24.6 Å². The molecular formula is C20H20N2O7. The number of para-hydroxylation sites is 2. The van der Waals surface area contributed by atoms with E-state index in [9.17, 15) is 19.7 Å². The summed E-state index contributed by atoms with van der Waals surface area (Å²) in [5, 5.41) is 13.8. The average molecular weight is 400 g/mol. The van der Waals surface area contributed by atoms with Crippen molar-refractivity contribution in [2.75, 3.05) is 31.7 Å². The summed E-state index contributed by atoms with van der Waals surface area (Å²) in [7, 11) is 0. The summed E-state index contributed by atoms with van der Waals surface area (Å²) in [6.07, 6.45) is 0.718. The van der Waals surface area contributed by atoms with Crippen LogP contribution in [-0.2, 0) is 9.53 Å². The van der Waals surface area contributed by atoms with Gasteiger partial charge in [0.05, 0.1) is 24.6 Å². The molecule has 2 aromatic carbocycles. The maximum absolute atomic E-state index is 12.3. The minimum Gasteiger partial charge on any atom is -0.490 e. The molecule has 0 unspecified atom stereocenters. The minimum absolute atomic E-state index is 0.0412. The van der Waals surface area contributed by atoms with Gasteiger partial charge in [-0.2, -0.15) is 0 Å². The van der Waals surface area contributed by atoms with Gasteiger partial charge in [0.1, 0.15) is 5.69 Å². The fraction of sp³-hybridized carbons (Fsp3) is 0.300. The van der Waals surface area contributed by atoms with Crippen LogP contribution in [-0.4, -0.2) is 43.0 Å². The lowest BCUT2D eigenvalue weighted by molar-refractivity contribution is -0.384. The molecule has 0 fully saturated rings. The summed E-state index contributed by atoms with van der Waals surface area (Å²) in [5.41, 5.74) is 0.596. The molecule has 0 aromatic heterocycles. The molecule has 3 rings (SSSR count). The normalized spacial score (nSPS) is 12.6. The van der Waals surface area contributed by atoms with Crippen molar-refractivity contribution in [2.24, 2.45) is 0 Å². The van der Waals surface area contributed by atoms with Crippen molar-refractivity contribution in [1.29, 1.82) is 0 Å². The molecule has 0 spiro atoms. The first-order chi connectivity index (χ1) is 14.0. The highest BCUT2D eigenvalue weighted by Gasteiger charge is 2.16. The van der Waals surface area contributed by atoms with E-state index < -0.39 is 17.5 Å². The predicted molar refractivity (Wildman–Crippen MR) is 104 cm³/mol. The number of Topliss-reactive ketones (excluding diaryl/α,β-unsaturated/α-hetero) is 1. The Bertz CT molecular complexity index is 913. The summed E-state index contributed by atoms with van der Waals surface area (Å²) in [5.74, 6) is 0.130. The maximum Gasteiger partial charge on any atom is 0.308 e. The van der Waals surface area contributed by atoms with Crippen molar-refractivity contribution in [3.8, 4) is 11.5 Å². The number of carbonyl (C=O) groups is 2. The number of nitro benzene ring substituents is 1. The van der Waals surface area contributed by atoms with Gasteiger partial charge in [0.15, 0.2) is 23.9 Å². The second-order valence-corrected chi connectivity index (χ2v) is 6.25. The zero-order valence-corrected chi connectivity index (χ0v) is 15.6. The Kier molecular flexibility index (Phi) is 6.62. The van der Waals surface area contributed by atoms with Crippen molar-refractivity contribution in [3.05, 3.63) is 58.1 Å². The lowest BCUT2D eigenvalue weighted by atomic mass is 10.1. The third-order valence-corrected chi connectivity index (χ3v) is 4.18. The van der Waals surface area contributed by atoms with E-state index in [2.05, 4.69) is 5.32 Å². The van der Waals surface area contributed by atoms with Crippen LogP contribution in [0.25, 0.3) is 0 Å². The van der Waals surface area contributed by atoms with Gasteiger partial charge in [0.25, 0.3) is 5.69 Å². The van der Waals surface area contributed by atoms with Crippen molar-refractivity contribution in [3.63, 3.8) is 0 Å². The molecule has 1 heterocycles. The Hall–Kier alpha value is -3.62. The lowest BCUT2D eigenvalue weighted by Crippen LogP contribution is -2.17. The highest BCUT2D eigenvalue weighted by molar-refractivity contribution is 5.98. The molecule has 29 heavy (non-hydrogen) atoms. The molecular weight excluding hydrogens is 380 g/mol. The average Bonchev–Trinajstić information content (AvgIpc) is 2.97. The molecule has 2 aromatic rings. The third-order valence-electron chi connectivity index (χ3n) is 4.18. The van der Waals surface area contributed by atoms with Crippen LogP contribution in [0.4, 0.5) is 11.4 Å². The summed E-state index contributed by atoms with van der Waals surface area (Å²) < 4.78 is 16.1. The summed E-state index contributed by atoms with van der Waals surface area (Å²) >= 11 is 0. The van der Waals surface area contributed by atoms with Crippen LogP contribution in [0.2, 0.25) is 0 Å². The number of ketones is 1. The van der Waals surface area contributed by atoms with Gasteiger partial charge in [-0.25, -0.2) is 0 Å². The van der Waals surface area contributed by atoms with Gasteiger partial charge in [0.2, 0.25) is 0 Å². The van der Waals surface area contributed by atoms with Crippen LogP contribution < -0.4 is 14.8 Å². The van der Waals surface area contributed by atoms with Gasteiger partial charge < -0.3 is 19.5 Å². The number of hydrogen-bond acceptors (Lipinski definition) is 8. The van der Waals surface area contributed by atoms with Crippen LogP contribution in [0.5, 0.6) is 11.5 Å². The molecule has 9 heteroatoms. The van der Waals surface area contributed by atoms with Crippen molar-refractivity contribution < 1.29 is 28.7 Å². The Labute approximate surface area is 166 Å². The van der Waals surface area contributed by atoms with Gasteiger partial charge >= 0.3 is 5.97 Å². The molecule has 1 aliphatic heterocycles. The zero-order valence-electron chi connectivity index (χ0n) is 15.6. The van der Waals surface area contributed by atoms with E-state index in [1.807, 2.05) is 0 Å². The van der Waals surface area contributed by atoms with Crippen LogP contribution >= 0.6 is 0 Å². The largest absolute Gasteiger partial charge is 0.490 e. The van der Waals surface area contributed by atoms with E-state index >= 15 is 0 Å². The van der Waals surface area contributed by atoms with Gasteiger partial charge in [-0.05, 0) is 24.3 Å². The Morgan fingerprint density at radius 2 is 1.86 bits per heavy atom. The molecule has 0 saturated heterocycles. The minimum atomic E-state index is -0.584. The second-order valence-electron chi connectivity index (χ2n) is 6.25. The molecule has 0 amide bonds. The third kappa shape index (κ3) is 5.44.